The number of aliphatic hydroxyl groups excluding tert-OH is 1. The van der Waals surface area contributed by atoms with Crippen LogP contribution in [0.1, 0.15) is 74.1 Å². The highest BCUT2D eigenvalue weighted by atomic mass is 16.8. The summed E-state index contributed by atoms with van der Waals surface area (Å²) in [5.74, 6) is -3.36. The fourth-order valence-electron chi connectivity index (χ4n) is 6.71. The van der Waals surface area contributed by atoms with Crippen molar-refractivity contribution >= 4 is 23.9 Å². The van der Waals surface area contributed by atoms with E-state index in [0.717, 1.165) is 5.57 Å². The standard InChI is InChI=1S/C30H42O10/c1-9-11-24(35)39-25-17(4)29(8,13-12-16(3)10-2)23-15-21(34)14-22-27(37-19(6)32)40-28(38-20(7)33)30(22,23)26(25)36-18(5)31/h10,12,14,17,21,23,25-28,34H,2,9,11,13,15H2,1,3-8H3/b16-12-/t17-,21-,23+,25-,26+,27+,28-,29-,30-/m1/s1. The fraction of sp³-hybridized carbons (Fsp3) is 0.667. The summed E-state index contributed by atoms with van der Waals surface area (Å²) in [6, 6.07) is 0. The molecule has 1 saturated heterocycles. The maximum absolute atomic E-state index is 13.0. The van der Waals surface area contributed by atoms with Gasteiger partial charge in [0.1, 0.15) is 11.5 Å². The van der Waals surface area contributed by atoms with Gasteiger partial charge in [0.15, 0.2) is 6.10 Å². The van der Waals surface area contributed by atoms with Crippen LogP contribution < -0.4 is 0 Å². The Morgan fingerprint density at radius 1 is 1.07 bits per heavy atom. The summed E-state index contributed by atoms with van der Waals surface area (Å²) in [6.45, 7) is 15.2. The second kappa shape index (κ2) is 12.3. The van der Waals surface area contributed by atoms with Crippen LogP contribution in [0.5, 0.6) is 0 Å². The molecule has 2 fully saturated rings. The molecular weight excluding hydrogens is 520 g/mol. The Hall–Kier alpha value is -2.98. The van der Waals surface area contributed by atoms with E-state index in [-0.39, 0.29) is 18.8 Å². The Bertz CT molecular complexity index is 1090. The average molecular weight is 563 g/mol. The van der Waals surface area contributed by atoms with Crippen LogP contribution in [0.3, 0.4) is 0 Å². The first kappa shape index (κ1) is 31.5. The minimum atomic E-state index is -1.44. The van der Waals surface area contributed by atoms with Gasteiger partial charge in [0.05, 0.1) is 6.10 Å². The monoisotopic (exact) mass is 562 g/mol. The van der Waals surface area contributed by atoms with E-state index >= 15 is 0 Å². The molecule has 3 rings (SSSR count). The van der Waals surface area contributed by atoms with Crippen molar-refractivity contribution < 1.29 is 48.0 Å². The lowest BCUT2D eigenvalue weighted by Gasteiger charge is -2.62. The Labute approximate surface area is 235 Å². The Kier molecular flexibility index (Phi) is 9.67. The SMILES string of the molecule is C=C/C(C)=C\C[C@]1(C)[C@H](C)[C@@H](OC(=O)CCC)[C@H](OC(C)=O)[C@@]23C(=C[C@@H](O)C[C@@H]12)[C@@H](OC(C)=O)O[C@H]3OC(C)=O. The summed E-state index contributed by atoms with van der Waals surface area (Å²) in [7, 11) is 0. The van der Waals surface area contributed by atoms with E-state index in [1.807, 2.05) is 33.8 Å². The first-order valence-electron chi connectivity index (χ1n) is 13.8. The zero-order valence-corrected chi connectivity index (χ0v) is 24.4. The number of rotatable bonds is 9. The van der Waals surface area contributed by atoms with Gasteiger partial charge in [0.2, 0.25) is 12.6 Å². The molecule has 3 aliphatic rings. The second-order valence-electron chi connectivity index (χ2n) is 11.3. The van der Waals surface area contributed by atoms with Crippen LogP contribution >= 0.6 is 0 Å². The first-order valence-corrected chi connectivity index (χ1v) is 13.8. The summed E-state index contributed by atoms with van der Waals surface area (Å²) < 4.78 is 29.4. The number of carbonyl (C=O) groups excluding carboxylic acids is 4. The number of ether oxygens (including phenoxy) is 5. The molecule has 2 aliphatic carbocycles. The van der Waals surface area contributed by atoms with Crippen molar-refractivity contribution in [3.05, 3.63) is 36.0 Å². The van der Waals surface area contributed by atoms with Gasteiger partial charge in [-0.1, -0.05) is 45.1 Å². The van der Waals surface area contributed by atoms with Gasteiger partial charge in [0, 0.05) is 38.7 Å². The Balaban J connectivity index is 2.38. The van der Waals surface area contributed by atoms with Gasteiger partial charge in [-0.25, -0.2) is 0 Å². The van der Waals surface area contributed by atoms with Gasteiger partial charge in [-0.05, 0) is 43.6 Å². The lowest BCUT2D eigenvalue weighted by Crippen LogP contribution is -2.69. The van der Waals surface area contributed by atoms with E-state index in [0.29, 0.717) is 18.4 Å². The van der Waals surface area contributed by atoms with Crippen LogP contribution in [-0.4, -0.2) is 59.9 Å². The maximum Gasteiger partial charge on any atom is 0.306 e. The van der Waals surface area contributed by atoms with Crippen LogP contribution in [0.15, 0.2) is 36.0 Å². The van der Waals surface area contributed by atoms with Crippen molar-refractivity contribution in [1.82, 2.24) is 0 Å². The number of aliphatic hydroxyl groups is 1. The van der Waals surface area contributed by atoms with Gasteiger partial charge >= 0.3 is 23.9 Å². The summed E-state index contributed by atoms with van der Waals surface area (Å²) in [5.41, 5.74) is -0.924. The van der Waals surface area contributed by atoms with Gasteiger partial charge in [-0.2, -0.15) is 0 Å². The van der Waals surface area contributed by atoms with Gasteiger partial charge in [-0.15, -0.1) is 0 Å². The van der Waals surface area contributed by atoms with Crippen molar-refractivity contribution in [1.29, 1.82) is 0 Å². The number of hydrogen-bond acceptors (Lipinski definition) is 10. The van der Waals surface area contributed by atoms with E-state index < -0.39 is 71.5 Å². The predicted octanol–water partition coefficient (Wildman–Crippen LogP) is 3.91. The van der Waals surface area contributed by atoms with Crippen LogP contribution in [-0.2, 0) is 42.9 Å². The Morgan fingerprint density at radius 2 is 1.70 bits per heavy atom. The molecule has 0 aromatic rings. The van der Waals surface area contributed by atoms with E-state index in [1.54, 1.807) is 6.08 Å². The van der Waals surface area contributed by atoms with Gasteiger partial charge in [-0.3, -0.25) is 23.9 Å². The van der Waals surface area contributed by atoms with Crippen LogP contribution in [0.25, 0.3) is 0 Å². The minimum Gasteiger partial charge on any atom is -0.458 e. The van der Waals surface area contributed by atoms with E-state index in [1.165, 1.54) is 26.8 Å². The molecule has 0 aromatic heterocycles. The molecule has 222 valence electrons. The molecule has 9 atom stereocenters. The zero-order chi connectivity index (χ0) is 30.0. The van der Waals surface area contributed by atoms with Gasteiger partial charge in [0.25, 0.3) is 0 Å². The van der Waals surface area contributed by atoms with E-state index in [9.17, 15) is 24.3 Å². The number of esters is 4. The molecular formula is C30H42O10. The summed E-state index contributed by atoms with van der Waals surface area (Å²) in [4.78, 5) is 50.1. The van der Waals surface area contributed by atoms with Crippen LogP contribution in [0, 0.1) is 22.7 Å². The van der Waals surface area contributed by atoms with Gasteiger partial charge < -0.3 is 24.1 Å². The Morgan fingerprint density at radius 3 is 2.25 bits per heavy atom. The molecule has 40 heavy (non-hydrogen) atoms. The first-order chi connectivity index (χ1) is 18.7. The molecule has 10 nitrogen and oxygen atoms in total. The average Bonchev–Trinajstić information content (AvgIpc) is 3.14. The lowest BCUT2D eigenvalue weighted by molar-refractivity contribution is -0.279. The summed E-state index contributed by atoms with van der Waals surface area (Å²) in [5, 5.41) is 11.1. The molecule has 0 aromatic carbocycles. The molecule has 1 heterocycles. The van der Waals surface area contributed by atoms with E-state index in [4.69, 9.17) is 23.7 Å². The van der Waals surface area contributed by atoms with Crippen molar-refractivity contribution in [2.75, 3.05) is 0 Å². The molecule has 10 heteroatoms. The third-order valence-electron chi connectivity index (χ3n) is 8.66. The predicted molar refractivity (Wildman–Crippen MR) is 143 cm³/mol. The van der Waals surface area contributed by atoms with Crippen LogP contribution in [0.2, 0.25) is 0 Å². The van der Waals surface area contributed by atoms with Crippen molar-refractivity contribution in [3.63, 3.8) is 0 Å². The molecule has 0 unspecified atom stereocenters. The fourth-order valence-corrected chi connectivity index (χ4v) is 6.71. The summed E-state index contributed by atoms with van der Waals surface area (Å²) in [6.07, 6.45) is 0.822. The quantitative estimate of drug-likeness (QED) is 0.191. The smallest absolute Gasteiger partial charge is 0.306 e. The topological polar surface area (TPSA) is 135 Å². The van der Waals surface area contributed by atoms with Crippen molar-refractivity contribution in [2.24, 2.45) is 22.7 Å². The van der Waals surface area contributed by atoms with E-state index in [2.05, 4.69) is 6.58 Å². The highest BCUT2D eigenvalue weighted by Crippen LogP contribution is 2.68. The van der Waals surface area contributed by atoms with Crippen molar-refractivity contribution in [3.8, 4) is 0 Å². The van der Waals surface area contributed by atoms with Crippen molar-refractivity contribution in [2.45, 2.75) is 105 Å². The largest absolute Gasteiger partial charge is 0.458 e. The second-order valence-corrected chi connectivity index (χ2v) is 11.3. The molecule has 1 N–H and O–H groups in total. The summed E-state index contributed by atoms with van der Waals surface area (Å²) >= 11 is 0. The molecule has 0 amide bonds. The highest BCUT2D eigenvalue weighted by Gasteiger charge is 2.75. The number of allylic oxidation sites excluding steroid dienone is 3. The maximum atomic E-state index is 13.0. The minimum absolute atomic E-state index is 0.153. The number of carbonyl (C=O) groups is 4. The number of hydrogen-bond donors (Lipinski definition) is 1. The third-order valence-corrected chi connectivity index (χ3v) is 8.66. The van der Waals surface area contributed by atoms with Crippen LogP contribution in [0.4, 0.5) is 0 Å². The highest BCUT2D eigenvalue weighted by molar-refractivity contribution is 5.70. The molecule has 1 spiro atoms. The zero-order valence-electron chi connectivity index (χ0n) is 24.4. The molecule has 1 aliphatic heterocycles. The normalized spacial score (nSPS) is 36.9. The molecule has 0 bridgehead atoms. The molecule has 1 saturated carbocycles. The lowest BCUT2D eigenvalue weighted by atomic mass is 9.44. The molecule has 0 radical (unpaired) electrons. The third kappa shape index (κ3) is 5.74.